The Morgan fingerprint density at radius 1 is 0.853 bits per heavy atom. The van der Waals surface area contributed by atoms with Crippen molar-refractivity contribution < 1.29 is 14.3 Å². The molecule has 3 rings (SSSR count). The van der Waals surface area contributed by atoms with Crippen LogP contribution in [-0.4, -0.2) is 17.9 Å². The van der Waals surface area contributed by atoms with E-state index in [9.17, 15) is 9.59 Å². The van der Waals surface area contributed by atoms with E-state index in [1.54, 1.807) is 31.2 Å². The van der Waals surface area contributed by atoms with Gasteiger partial charge in [-0.25, -0.2) is 0 Å². The Bertz CT molecular complexity index is 1160. The highest BCUT2D eigenvalue weighted by atomic mass is 79.9. The molecule has 178 valence electrons. The lowest BCUT2D eigenvalue weighted by atomic mass is 9.87. The standard InChI is InChI=1S/C28H31BrN2O3/c1-17-15-22(29)16-18(2)25(17)34-19(3)26(32)30-23-11-13-24(14-12-23)31-27(33)20-7-9-21(10-8-20)28(4,5)6/h7-16,19H,1-6H3,(H,30,32)(H,31,33). The topological polar surface area (TPSA) is 67.4 Å². The summed E-state index contributed by atoms with van der Waals surface area (Å²) < 4.78 is 6.90. The maximum absolute atomic E-state index is 12.6. The van der Waals surface area contributed by atoms with Crippen LogP contribution in [0.3, 0.4) is 0 Å². The first-order chi connectivity index (χ1) is 15.9. The summed E-state index contributed by atoms with van der Waals surface area (Å²) in [6.45, 7) is 12.0. The van der Waals surface area contributed by atoms with Gasteiger partial charge in [-0.1, -0.05) is 48.8 Å². The summed E-state index contributed by atoms with van der Waals surface area (Å²) in [7, 11) is 0. The van der Waals surface area contributed by atoms with Crippen molar-refractivity contribution in [1.82, 2.24) is 0 Å². The van der Waals surface area contributed by atoms with Crippen LogP contribution in [0.1, 0.15) is 54.7 Å². The number of hydrogen-bond acceptors (Lipinski definition) is 3. The number of rotatable bonds is 6. The van der Waals surface area contributed by atoms with Crippen LogP contribution in [0.25, 0.3) is 0 Å². The van der Waals surface area contributed by atoms with Crippen LogP contribution >= 0.6 is 15.9 Å². The van der Waals surface area contributed by atoms with E-state index in [1.807, 2.05) is 50.2 Å². The highest BCUT2D eigenvalue weighted by molar-refractivity contribution is 9.10. The monoisotopic (exact) mass is 522 g/mol. The molecule has 0 radical (unpaired) electrons. The summed E-state index contributed by atoms with van der Waals surface area (Å²) in [4.78, 5) is 25.2. The Labute approximate surface area is 210 Å². The number of aryl methyl sites for hydroxylation is 2. The quantitative estimate of drug-likeness (QED) is 0.365. The number of carbonyl (C=O) groups excluding carboxylic acids is 2. The van der Waals surface area contributed by atoms with Crippen LogP contribution < -0.4 is 15.4 Å². The molecule has 3 aromatic rings. The largest absolute Gasteiger partial charge is 0.480 e. The predicted octanol–water partition coefficient (Wildman–Crippen LogP) is 7.02. The number of anilines is 2. The minimum atomic E-state index is -0.672. The molecule has 6 heteroatoms. The van der Waals surface area contributed by atoms with Gasteiger partial charge >= 0.3 is 0 Å². The molecule has 0 aliphatic carbocycles. The molecule has 5 nitrogen and oxygen atoms in total. The molecule has 2 N–H and O–H groups in total. The maximum atomic E-state index is 12.6. The minimum Gasteiger partial charge on any atom is -0.480 e. The summed E-state index contributed by atoms with van der Waals surface area (Å²) >= 11 is 3.47. The Kier molecular flexibility index (Phi) is 7.82. The van der Waals surface area contributed by atoms with Gasteiger partial charge in [-0.05, 0) is 91.4 Å². The van der Waals surface area contributed by atoms with Crippen molar-refractivity contribution in [1.29, 1.82) is 0 Å². The van der Waals surface area contributed by atoms with Crippen LogP contribution in [-0.2, 0) is 10.2 Å². The summed E-state index contributed by atoms with van der Waals surface area (Å²) in [5.41, 5.74) is 4.99. The minimum absolute atomic E-state index is 0.0354. The van der Waals surface area contributed by atoms with Crippen molar-refractivity contribution in [2.75, 3.05) is 10.6 Å². The van der Waals surface area contributed by atoms with E-state index in [-0.39, 0.29) is 17.2 Å². The molecule has 0 heterocycles. The predicted molar refractivity (Wildman–Crippen MR) is 142 cm³/mol. The molecule has 2 amide bonds. The molecule has 0 aromatic heterocycles. The first-order valence-electron chi connectivity index (χ1n) is 11.2. The number of benzene rings is 3. The summed E-state index contributed by atoms with van der Waals surface area (Å²) in [5, 5.41) is 5.75. The molecule has 0 spiro atoms. The van der Waals surface area contributed by atoms with E-state index in [0.29, 0.717) is 22.7 Å². The third-order valence-electron chi connectivity index (χ3n) is 5.51. The van der Waals surface area contributed by atoms with Crippen LogP contribution in [0.4, 0.5) is 11.4 Å². The molecule has 0 aliphatic rings. The summed E-state index contributed by atoms with van der Waals surface area (Å²) in [6.07, 6.45) is -0.672. The number of ether oxygens (including phenoxy) is 1. The summed E-state index contributed by atoms with van der Waals surface area (Å²) in [6, 6.07) is 18.6. The molecule has 0 saturated carbocycles. The van der Waals surface area contributed by atoms with Gasteiger partial charge in [0.15, 0.2) is 6.10 Å². The lowest BCUT2D eigenvalue weighted by molar-refractivity contribution is -0.122. The van der Waals surface area contributed by atoms with Crippen LogP contribution in [0.15, 0.2) is 65.1 Å². The van der Waals surface area contributed by atoms with Gasteiger partial charge in [0.2, 0.25) is 0 Å². The fourth-order valence-corrected chi connectivity index (χ4v) is 4.21. The highest BCUT2D eigenvalue weighted by Crippen LogP contribution is 2.28. The van der Waals surface area contributed by atoms with Crippen LogP contribution in [0.2, 0.25) is 0 Å². The zero-order chi connectivity index (χ0) is 25.0. The SMILES string of the molecule is Cc1cc(Br)cc(C)c1OC(C)C(=O)Nc1ccc(NC(=O)c2ccc(C(C)(C)C)cc2)cc1. The van der Waals surface area contributed by atoms with Crippen LogP contribution in [0, 0.1) is 13.8 Å². The van der Waals surface area contributed by atoms with Crippen molar-refractivity contribution in [3.05, 3.63) is 87.4 Å². The Morgan fingerprint density at radius 2 is 1.35 bits per heavy atom. The van der Waals surface area contributed by atoms with E-state index < -0.39 is 6.10 Å². The first-order valence-corrected chi connectivity index (χ1v) is 12.0. The molecule has 1 unspecified atom stereocenters. The van der Waals surface area contributed by atoms with Gasteiger partial charge < -0.3 is 15.4 Å². The van der Waals surface area contributed by atoms with Gasteiger partial charge in [-0.15, -0.1) is 0 Å². The lowest BCUT2D eigenvalue weighted by Crippen LogP contribution is -2.30. The number of hydrogen-bond donors (Lipinski definition) is 2. The zero-order valence-corrected chi connectivity index (χ0v) is 22.0. The van der Waals surface area contributed by atoms with Crippen molar-refractivity contribution in [3.63, 3.8) is 0 Å². The zero-order valence-electron chi connectivity index (χ0n) is 20.5. The average molecular weight is 523 g/mol. The van der Waals surface area contributed by atoms with Gasteiger partial charge in [-0.2, -0.15) is 0 Å². The highest BCUT2D eigenvalue weighted by Gasteiger charge is 2.18. The van der Waals surface area contributed by atoms with Crippen LogP contribution in [0.5, 0.6) is 5.75 Å². The fraction of sp³-hybridized carbons (Fsp3) is 0.286. The molecule has 34 heavy (non-hydrogen) atoms. The molecule has 0 saturated heterocycles. The third-order valence-corrected chi connectivity index (χ3v) is 5.97. The second kappa shape index (κ2) is 10.4. The Balaban J connectivity index is 1.59. The van der Waals surface area contributed by atoms with E-state index in [1.165, 1.54) is 5.56 Å². The smallest absolute Gasteiger partial charge is 0.265 e. The van der Waals surface area contributed by atoms with Gasteiger partial charge in [-0.3, -0.25) is 9.59 Å². The number of halogens is 1. The second-order valence-corrected chi connectivity index (χ2v) is 10.4. The Morgan fingerprint density at radius 3 is 1.85 bits per heavy atom. The maximum Gasteiger partial charge on any atom is 0.265 e. The molecule has 0 fully saturated rings. The van der Waals surface area contributed by atoms with Crippen molar-refractivity contribution in [3.8, 4) is 5.75 Å². The molecule has 3 aromatic carbocycles. The first kappa shape index (κ1) is 25.5. The van der Waals surface area contributed by atoms with Gasteiger partial charge in [0, 0.05) is 21.4 Å². The van der Waals surface area contributed by atoms with Gasteiger partial charge in [0.25, 0.3) is 11.8 Å². The fourth-order valence-electron chi connectivity index (χ4n) is 3.52. The molecular formula is C28H31BrN2O3. The Hall–Kier alpha value is -3.12. The van der Waals surface area contributed by atoms with E-state index >= 15 is 0 Å². The number of nitrogens with one attached hydrogen (secondary N) is 2. The van der Waals surface area contributed by atoms with Crippen molar-refractivity contribution in [2.24, 2.45) is 0 Å². The lowest BCUT2D eigenvalue weighted by Gasteiger charge is -2.19. The molecule has 1 atom stereocenters. The molecule has 0 bridgehead atoms. The molecule has 0 aliphatic heterocycles. The van der Waals surface area contributed by atoms with Gasteiger partial charge in [0.05, 0.1) is 0 Å². The van der Waals surface area contributed by atoms with Gasteiger partial charge in [0.1, 0.15) is 5.75 Å². The van der Waals surface area contributed by atoms with Crippen molar-refractivity contribution >= 4 is 39.1 Å². The van der Waals surface area contributed by atoms with E-state index in [0.717, 1.165) is 15.6 Å². The summed E-state index contributed by atoms with van der Waals surface area (Å²) in [5.74, 6) is 0.274. The molecular weight excluding hydrogens is 492 g/mol. The number of carbonyl (C=O) groups is 2. The third kappa shape index (κ3) is 6.48. The number of amides is 2. The average Bonchev–Trinajstić information content (AvgIpc) is 2.76. The van der Waals surface area contributed by atoms with E-state index in [4.69, 9.17) is 4.74 Å². The van der Waals surface area contributed by atoms with E-state index in [2.05, 4.69) is 47.3 Å². The normalized spacial score (nSPS) is 12.1. The van der Waals surface area contributed by atoms with Crippen molar-refractivity contribution in [2.45, 2.75) is 53.1 Å². The second-order valence-electron chi connectivity index (χ2n) is 9.48.